The molecule has 0 bridgehead atoms. The van der Waals surface area contributed by atoms with Crippen molar-refractivity contribution in [1.82, 2.24) is 10.6 Å². The molecule has 0 saturated carbocycles. The first-order valence-electron chi connectivity index (χ1n) is 8.57. The Morgan fingerprint density at radius 3 is 2.65 bits per heavy atom. The highest BCUT2D eigenvalue weighted by Gasteiger charge is 2.24. The van der Waals surface area contributed by atoms with Crippen molar-refractivity contribution in [1.29, 1.82) is 0 Å². The fourth-order valence-electron chi connectivity index (χ4n) is 2.42. The van der Waals surface area contributed by atoms with Crippen LogP contribution in [-0.2, 0) is 5.60 Å². The predicted molar refractivity (Wildman–Crippen MR) is 103 cm³/mol. The molecule has 1 heterocycles. The highest BCUT2D eigenvalue weighted by atomic mass is 32.1. The first-order valence-corrected chi connectivity index (χ1v) is 9.45. The smallest absolute Gasteiger partial charge is 0.191 e. The average Bonchev–Trinajstić information content (AvgIpc) is 3.15. The number of aliphatic hydroxyl groups is 1. The van der Waals surface area contributed by atoms with Crippen molar-refractivity contribution in [2.24, 2.45) is 4.99 Å². The number of nitrogens with zero attached hydrogens (tertiary/aromatic N) is 1. The number of rotatable bonds is 7. The van der Waals surface area contributed by atoms with Gasteiger partial charge in [0.15, 0.2) is 17.6 Å². The molecule has 0 aliphatic heterocycles. The number of hydrogen-bond acceptors (Lipinski definition) is 3. The molecule has 0 amide bonds. The molecule has 3 N–H and O–H groups in total. The van der Waals surface area contributed by atoms with E-state index in [-0.39, 0.29) is 12.5 Å². The first kappa shape index (κ1) is 20.3. The Morgan fingerprint density at radius 2 is 2.04 bits per heavy atom. The maximum absolute atomic E-state index is 13.4. The number of halogens is 2. The predicted octanol–water partition coefficient (Wildman–Crippen LogP) is 3.59. The van der Waals surface area contributed by atoms with Crippen LogP contribution in [0.2, 0.25) is 0 Å². The van der Waals surface area contributed by atoms with Crippen molar-refractivity contribution >= 4 is 17.3 Å². The summed E-state index contributed by atoms with van der Waals surface area (Å²) in [5.74, 6) is -1.16. The molecule has 2 atom stereocenters. The molecular formula is C19H25F2N3OS. The van der Waals surface area contributed by atoms with Crippen LogP contribution >= 0.6 is 11.3 Å². The van der Waals surface area contributed by atoms with E-state index in [0.717, 1.165) is 10.9 Å². The molecule has 1 aromatic heterocycles. The van der Waals surface area contributed by atoms with Crippen molar-refractivity contribution in [3.8, 4) is 0 Å². The first-order chi connectivity index (χ1) is 12.3. The topological polar surface area (TPSA) is 56.7 Å². The third-order valence-corrected chi connectivity index (χ3v) is 5.15. The van der Waals surface area contributed by atoms with Crippen LogP contribution < -0.4 is 10.6 Å². The highest BCUT2D eigenvalue weighted by molar-refractivity contribution is 7.10. The minimum atomic E-state index is -1.04. The van der Waals surface area contributed by atoms with E-state index in [0.29, 0.717) is 24.6 Å². The normalized spacial score (nSPS) is 15.4. The van der Waals surface area contributed by atoms with Crippen LogP contribution in [0.4, 0.5) is 8.78 Å². The third kappa shape index (κ3) is 5.51. The molecule has 1 aromatic carbocycles. The van der Waals surface area contributed by atoms with E-state index in [9.17, 15) is 13.9 Å². The van der Waals surface area contributed by atoms with E-state index in [4.69, 9.17) is 0 Å². The van der Waals surface area contributed by atoms with Gasteiger partial charge in [-0.25, -0.2) is 13.8 Å². The monoisotopic (exact) mass is 381 g/mol. The Balaban J connectivity index is 1.99. The Morgan fingerprint density at radius 1 is 1.27 bits per heavy atom. The molecule has 4 nitrogen and oxygen atoms in total. The zero-order chi connectivity index (χ0) is 19.2. The number of hydrogen-bond donors (Lipinski definition) is 3. The highest BCUT2D eigenvalue weighted by Crippen LogP contribution is 2.25. The lowest BCUT2D eigenvalue weighted by Gasteiger charge is -2.21. The minimum absolute atomic E-state index is 0.0354. The Kier molecular flexibility index (Phi) is 7.11. The maximum atomic E-state index is 13.4. The molecular weight excluding hydrogens is 356 g/mol. The summed E-state index contributed by atoms with van der Waals surface area (Å²) in [6, 6.07) is 7.71. The number of aliphatic imine (C=N–C) groups is 1. The second-order valence-corrected chi connectivity index (χ2v) is 7.35. The van der Waals surface area contributed by atoms with E-state index >= 15 is 0 Å². The number of guanidine groups is 1. The van der Waals surface area contributed by atoms with Crippen LogP contribution in [0.1, 0.15) is 37.1 Å². The largest absolute Gasteiger partial charge is 0.383 e. The number of thiophene rings is 1. The molecule has 2 aromatic rings. The summed E-state index contributed by atoms with van der Waals surface area (Å²) < 4.78 is 26.5. The Bertz CT molecular complexity index is 732. The lowest BCUT2D eigenvalue weighted by atomic mass is 10.0. The molecule has 0 fully saturated rings. The van der Waals surface area contributed by atoms with Crippen molar-refractivity contribution in [2.75, 3.05) is 19.6 Å². The van der Waals surface area contributed by atoms with Gasteiger partial charge in [0.1, 0.15) is 5.60 Å². The van der Waals surface area contributed by atoms with Crippen LogP contribution in [-0.4, -0.2) is 30.7 Å². The summed E-state index contributed by atoms with van der Waals surface area (Å²) in [6.07, 6.45) is 0. The average molecular weight is 381 g/mol. The van der Waals surface area contributed by atoms with E-state index in [2.05, 4.69) is 15.6 Å². The second-order valence-electron chi connectivity index (χ2n) is 6.40. The number of benzene rings is 1. The molecule has 2 rings (SSSR count). The lowest BCUT2D eigenvalue weighted by molar-refractivity contribution is 0.0711. The van der Waals surface area contributed by atoms with Crippen LogP contribution in [0.5, 0.6) is 0 Å². The molecule has 0 aliphatic rings. The molecule has 0 spiro atoms. The minimum Gasteiger partial charge on any atom is -0.383 e. The van der Waals surface area contributed by atoms with E-state index in [1.807, 2.05) is 31.4 Å². The summed E-state index contributed by atoms with van der Waals surface area (Å²) in [7, 11) is 0. The molecule has 0 radical (unpaired) electrons. The van der Waals surface area contributed by atoms with Gasteiger partial charge in [0.25, 0.3) is 0 Å². The Labute approximate surface area is 157 Å². The van der Waals surface area contributed by atoms with Crippen molar-refractivity contribution in [3.63, 3.8) is 0 Å². The van der Waals surface area contributed by atoms with Gasteiger partial charge in [0, 0.05) is 18.0 Å². The zero-order valence-electron chi connectivity index (χ0n) is 15.2. The Hall–Kier alpha value is -1.99. The summed E-state index contributed by atoms with van der Waals surface area (Å²) in [5, 5.41) is 18.8. The maximum Gasteiger partial charge on any atom is 0.191 e. The van der Waals surface area contributed by atoms with Crippen LogP contribution in [0.15, 0.2) is 40.7 Å². The van der Waals surface area contributed by atoms with E-state index < -0.39 is 17.2 Å². The zero-order valence-corrected chi connectivity index (χ0v) is 16.0. The van der Waals surface area contributed by atoms with Crippen LogP contribution in [0.3, 0.4) is 0 Å². The van der Waals surface area contributed by atoms with E-state index in [1.165, 1.54) is 17.4 Å². The SMILES string of the molecule is CCNC(=NCC(C)(O)c1cccs1)NCC(C)c1ccc(F)c(F)c1. The summed E-state index contributed by atoms with van der Waals surface area (Å²) in [5.41, 5.74) is -0.333. The van der Waals surface area contributed by atoms with E-state index in [1.54, 1.807) is 13.0 Å². The quantitative estimate of drug-likeness (QED) is 0.507. The molecule has 142 valence electrons. The summed E-state index contributed by atoms with van der Waals surface area (Å²) in [6.45, 7) is 6.99. The third-order valence-electron chi connectivity index (χ3n) is 4.03. The van der Waals surface area contributed by atoms with Crippen molar-refractivity contribution in [3.05, 3.63) is 57.8 Å². The van der Waals surface area contributed by atoms with Gasteiger partial charge < -0.3 is 15.7 Å². The fourth-order valence-corrected chi connectivity index (χ4v) is 3.20. The molecule has 7 heteroatoms. The van der Waals surface area contributed by atoms with Gasteiger partial charge in [-0.1, -0.05) is 19.1 Å². The number of nitrogens with one attached hydrogen (secondary N) is 2. The molecule has 2 unspecified atom stereocenters. The van der Waals surface area contributed by atoms with Gasteiger partial charge in [-0.3, -0.25) is 0 Å². The van der Waals surface area contributed by atoms with Gasteiger partial charge in [0.2, 0.25) is 0 Å². The fraction of sp³-hybridized carbons (Fsp3) is 0.421. The second kappa shape index (κ2) is 9.09. The standard InChI is InChI=1S/C19H25F2N3OS/c1-4-22-18(24-12-19(3,25)17-6-5-9-26-17)23-11-13(2)14-7-8-15(20)16(21)10-14/h5-10,13,25H,4,11-12H2,1-3H3,(H2,22,23,24). The lowest BCUT2D eigenvalue weighted by Crippen LogP contribution is -2.40. The van der Waals surface area contributed by atoms with Gasteiger partial charge in [-0.15, -0.1) is 11.3 Å². The van der Waals surface area contributed by atoms with Crippen molar-refractivity contribution < 1.29 is 13.9 Å². The van der Waals surface area contributed by atoms with Crippen LogP contribution in [0, 0.1) is 11.6 Å². The molecule has 0 aliphatic carbocycles. The molecule has 26 heavy (non-hydrogen) atoms. The van der Waals surface area contributed by atoms with Crippen LogP contribution in [0.25, 0.3) is 0 Å². The molecule has 0 saturated heterocycles. The van der Waals surface area contributed by atoms with Crippen molar-refractivity contribution in [2.45, 2.75) is 32.3 Å². The van der Waals surface area contributed by atoms with Gasteiger partial charge in [-0.2, -0.15) is 0 Å². The summed E-state index contributed by atoms with van der Waals surface area (Å²) >= 11 is 1.49. The van der Waals surface area contributed by atoms with Gasteiger partial charge in [0.05, 0.1) is 6.54 Å². The summed E-state index contributed by atoms with van der Waals surface area (Å²) in [4.78, 5) is 5.31. The van der Waals surface area contributed by atoms with Gasteiger partial charge >= 0.3 is 0 Å². The van der Waals surface area contributed by atoms with Gasteiger partial charge in [-0.05, 0) is 48.9 Å².